The Balaban J connectivity index is 2.03. The topological polar surface area (TPSA) is 96.3 Å². The lowest BCUT2D eigenvalue weighted by Crippen LogP contribution is -2.04. The largest absolute Gasteiger partial charge is 0.508 e. The first-order valence-electron chi connectivity index (χ1n) is 6.07. The van der Waals surface area contributed by atoms with Crippen LogP contribution in [0.3, 0.4) is 0 Å². The predicted octanol–water partition coefficient (Wildman–Crippen LogP) is 2.46. The Hall–Kier alpha value is -3.26. The summed E-state index contributed by atoms with van der Waals surface area (Å²) >= 11 is 0. The number of hydrogen-bond donors (Lipinski definition) is 2. The molecule has 21 heavy (non-hydrogen) atoms. The summed E-state index contributed by atoms with van der Waals surface area (Å²) in [5.74, 6) is -0.137. The van der Waals surface area contributed by atoms with Crippen LogP contribution in [-0.4, -0.2) is 11.1 Å². The molecule has 0 aliphatic heterocycles. The zero-order valence-corrected chi connectivity index (χ0v) is 11.0. The van der Waals surface area contributed by atoms with E-state index in [-0.39, 0.29) is 17.2 Å². The van der Waals surface area contributed by atoms with Crippen LogP contribution in [-0.2, 0) is 4.79 Å². The number of aromatic hydroxyl groups is 1. The van der Waals surface area contributed by atoms with E-state index in [1.807, 2.05) is 6.07 Å². The average molecular weight is 280 g/mol. The highest BCUT2D eigenvalue weighted by molar-refractivity contribution is 5.88. The van der Waals surface area contributed by atoms with Gasteiger partial charge >= 0.3 is 5.97 Å². The van der Waals surface area contributed by atoms with E-state index in [1.165, 1.54) is 36.4 Å². The third kappa shape index (κ3) is 3.85. The molecule has 2 aromatic carbocycles. The van der Waals surface area contributed by atoms with Crippen molar-refractivity contribution in [3.63, 3.8) is 0 Å². The van der Waals surface area contributed by atoms with Gasteiger partial charge in [-0.15, -0.1) is 0 Å². The molecule has 3 N–H and O–H groups in total. The van der Waals surface area contributed by atoms with E-state index in [4.69, 9.17) is 20.8 Å². The van der Waals surface area contributed by atoms with Gasteiger partial charge in [0.2, 0.25) is 0 Å². The molecule has 0 aliphatic rings. The first-order valence-corrected chi connectivity index (χ1v) is 6.07. The molecule has 5 nitrogen and oxygen atoms in total. The van der Waals surface area contributed by atoms with E-state index in [0.29, 0.717) is 5.56 Å². The SMILES string of the molecule is N#Cc1ccc(OC(=O)C=Cc2ccc(O)cc2)cc1N. The number of nitriles is 1. The summed E-state index contributed by atoms with van der Waals surface area (Å²) in [4.78, 5) is 11.7. The summed E-state index contributed by atoms with van der Waals surface area (Å²) in [5, 5.41) is 17.9. The van der Waals surface area contributed by atoms with Gasteiger partial charge < -0.3 is 15.6 Å². The van der Waals surface area contributed by atoms with Crippen molar-refractivity contribution in [2.24, 2.45) is 0 Å². The summed E-state index contributed by atoms with van der Waals surface area (Å²) in [7, 11) is 0. The summed E-state index contributed by atoms with van der Waals surface area (Å²) in [6, 6.07) is 12.7. The minimum Gasteiger partial charge on any atom is -0.508 e. The van der Waals surface area contributed by atoms with Crippen molar-refractivity contribution in [3.8, 4) is 17.6 Å². The fraction of sp³-hybridized carbons (Fsp3) is 0. The van der Waals surface area contributed by atoms with E-state index in [2.05, 4.69) is 0 Å². The van der Waals surface area contributed by atoms with Gasteiger partial charge in [0, 0.05) is 12.1 Å². The average Bonchev–Trinajstić information content (AvgIpc) is 2.47. The van der Waals surface area contributed by atoms with Gasteiger partial charge in [0.1, 0.15) is 17.6 Å². The van der Waals surface area contributed by atoms with Gasteiger partial charge in [0.05, 0.1) is 11.3 Å². The molecule has 5 heteroatoms. The van der Waals surface area contributed by atoms with Crippen LogP contribution in [0.2, 0.25) is 0 Å². The number of benzene rings is 2. The van der Waals surface area contributed by atoms with Crippen LogP contribution in [0, 0.1) is 11.3 Å². The monoisotopic (exact) mass is 280 g/mol. The Morgan fingerprint density at radius 3 is 2.57 bits per heavy atom. The molecular formula is C16H12N2O3. The predicted molar refractivity (Wildman–Crippen MR) is 78.3 cm³/mol. The highest BCUT2D eigenvalue weighted by Gasteiger charge is 2.04. The van der Waals surface area contributed by atoms with E-state index >= 15 is 0 Å². The van der Waals surface area contributed by atoms with E-state index in [1.54, 1.807) is 18.2 Å². The number of carbonyl (C=O) groups is 1. The molecule has 0 amide bonds. The standard InChI is InChI=1S/C16H12N2O3/c17-10-12-4-7-14(9-15(12)18)21-16(20)8-3-11-1-5-13(19)6-2-11/h1-9,19H,18H2. The normalized spacial score (nSPS) is 10.2. The molecule has 0 aromatic heterocycles. The number of phenols is 1. The Morgan fingerprint density at radius 1 is 1.24 bits per heavy atom. The molecule has 0 spiro atoms. The zero-order chi connectivity index (χ0) is 15.2. The number of esters is 1. The smallest absolute Gasteiger partial charge is 0.336 e. The summed E-state index contributed by atoms with van der Waals surface area (Å²) in [6.07, 6.45) is 2.83. The number of nitrogens with zero attached hydrogens (tertiary/aromatic N) is 1. The highest BCUT2D eigenvalue weighted by Crippen LogP contribution is 2.19. The van der Waals surface area contributed by atoms with Crippen molar-refractivity contribution >= 4 is 17.7 Å². The second kappa shape index (κ2) is 6.26. The van der Waals surface area contributed by atoms with Gasteiger partial charge in [-0.25, -0.2) is 4.79 Å². The van der Waals surface area contributed by atoms with Crippen LogP contribution in [0.4, 0.5) is 5.69 Å². The molecular weight excluding hydrogens is 268 g/mol. The van der Waals surface area contributed by atoms with Gasteiger partial charge in [0.15, 0.2) is 0 Å². The minimum absolute atomic E-state index is 0.155. The van der Waals surface area contributed by atoms with Gasteiger partial charge in [-0.1, -0.05) is 12.1 Å². The maximum Gasteiger partial charge on any atom is 0.336 e. The Kier molecular flexibility index (Phi) is 4.22. The minimum atomic E-state index is -0.563. The molecule has 0 fully saturated rings. The zero-order valence-electron chi connectivity index (χ0n) is 11.0. The van der Waals surface area contributed by atoms with Crippen molar-refractivity contribution in [2.75, 3.05) is 5.73 Å². The van der Waals surface area contributed by atoms with Gasteiger partial charge in [-0.05, 0) is 35.9 Å². The number of hydrogen-bond acceptors (Lipinski definition) is 5. The third-order valence-electron chi connectivity index (χ3n) is 2.67. The van der Waals surface area contributed by atoms with Crippen molar-refractivity contribution < 1.29 is 14.6 Å². The highest BCUT2D eigenvalue weighted by atomic mass is 16.5. The second-order valence-electron chi connectivity index (χ2n) is 4.21. The molecule has 0 aliphatic carbocycles. The maximum absolute atomic E-state index is 11.7. The maximum atomic E-state index is 11.7. The Labute approximate surface area is 121 Å². The first kappa shape index (κ1) is 14.2. The molecule has 0 bridgehead atoms. The molecule has 104 valence electrons. The molecule has 2 rings (SSSR count). The van der Waals surface area contributed by atoms with Crippen LogP contribution in [0.5, 0.6) is 11.5 Å². The second-order valence-corrected chi connectivity index (χ2v) is 4.21. The Morgan fingerprint density at radius 2 is 1.95 bits per heavy atom. The number of nitrogen functional groups attached to an aromatic ring is 1. The fourth-order valence-corrected chi connectivity index (χ4v) is 1.61. The van der Waals surface area contributed by atoms with Crippen LogP contribution in [0.25, 0.3) is 6.08 Å². The van der Waals surface area contributed by atoms with Crippen LogP contribution in [0.15, 0.2) is 48.5 Å². The Bertz CT molecular complexity index is 728. The van der Waals surface area contributed by atoms with Crippen LogP contribution in [0.1, 0.15) is 11.1 Å². The van der Waals surface area contributed by atoms with Crippen LogP contribution < -0.4 is 10.5 Å². The lowest BCUT2D eigenvalue weighted by atomic mass is 10.2. The molecule has 0 heterocycles. The number of ether oxygens (including phenoxy) is 1. The summed E-state index contributed by atoms with van der Waals surface area (Å²) < 4.78 is 5.08. The van der Waals surface area contributed by atoms with Crippen molar-refractivity contribution in [1.82, 2.24) is 0 Å². The first-order chi connectivity index (χ1) is 10.1. The lowest BCUT2D eigenvalue weighted by Gasteiger charge is -2.03. The summed E-state index contributed by atoms with van der Waals surface area (Å²) in [5.41, 5.74) is 6.97. The van der Waals surface area contributed by atoms with Crippen LogP contribution >= 0.6 is 0 Å². The molecule has 0 atom stereocenters. The van der Waals surface area contributed by atoms with Crippen molar-refractivity contribution in [2.45, 2.75) is 0 Å². The number of rotatable bonds is 3. The van der Waals surface area contributed by atoms with Crippen molar-refractivity contribution in [1.29, 1.82) is 5.26 Å². The number of nitrogens with two attached hydrogens (primary N) is 1. The van der Waals surface area contributed by atoms with Gasteiger partial charge in [-0.2, -0.15) is 5.26 Å². The molecule has 0 saturated carbocycles. The number of phenolic OH excluding ortho intramolecular Hbond substituents is 1. The molecule has 2 aromatic rings. The van der Waals surface area contributed by atoms with E-state index in [9.17, 15) is 4.79 Å². The third-order valence-corrected chi connectivity index (χ3v) is 2.67. The number of carbonyl (C=O) groups excluding carboxylic acids is 1. The van der Waals surface area contributed by atoms with E-state index < -0.39 is 5.97 Å². The molecule has 0 unspecified atom stereocenters. The molecule has 0 radical (unpaired) electrons. The van der Waals surface area contributed by atoms with Gasteiger partial charge in [-0.3, -0.25) is 0 Å². The van der Waals surface area contributed by atoms with E-state index in [0.717, 1.165) is 5.56 Å². The summed E-state index contributed by atoms with van der Waals surface area (Å²) in [6.45, 7) is 0. The lowest BCUT2D eigenvalue weighted by molar-refractivity contribution is -0.128. The fourth-order valence-electron chi connectivity index (χ4n) is 1.61. The quantitative estimate of drug-likeness (QED) is 0.389. The number of anilines is 1. The molecule has 0 saturated heterocycles. The van der Waals surface area contributed by atoms with Crippen molar-refractivity contribution in [3.05, 3.63) is 59.7 Å². The van der Waals surface area contributed by atoms with Gasteiger partial charge in [0.25, 0.3) is 0 Å².